The van der Waals surface area contributed by atoms with Gasteiger partial charge < -0.3 is 4.74 Å². The molecule has 2 heteroatoms. The van der Waals surface area contributed by atoms with Gasteiger partial charge in [-0.15, -0.1) is 0 Å². The molecule has 0 heterocycles. The number of esters is 1. The topological polar surface area (TPSA) is 26.3 Å². The third-order valence-electron chi connectivity index (χ3n) is 3.67. The van der Waals surface area contributed by atoms with Crippen LogP contribution < -0.4 is 0 Å². The molecular formula is C16H32O2. The van der Waals surface area contributed by atoms with Crippen molar-refractivity contribution in [2.45, 2.75) is 67.2 Å². The van der Waals surface area contributed by atoms with Gasteiger partial charge in [-0.2, -0.15) is 0 Å². The Kier molecular flexibility index (Phi) is 9.13. The van der Waals surface area contributed by atoms with Gasteiger partial charge in [-0.3, -0.25) is 4.79 Å². The Bertz CT molecular complexity index is 221. The Morgan fingerprint density at radius 3 is 2.00 bits per heavy atom. The standard InChI is InChI=1S/C16H32O2/c1-7-9-11-18-16(17)15(13(5)6)14(10-8-2)12(3)4/h12-15H,7-11H2,1-6H3. The molecule has 0 aliphatic heterocycles. The van der Waals surface area contributed by atoms with Crippen molar-refractivity contribution in [3.63, 3.8) is 0 Å². The summed E-state index contributed by atoms with van der Waals surface area (Å²) >= 11 is 0. The van der Waals surface area contributed by atoms with E-state index in [4.69, 9.17) is 4.74 Å². The minimum Gasteiger partial charge on any atom is -0.465 e. The highest BCUT2D eigenvalue weighted by Gasteiger charge is 2.33. The number of hydrogen-bond donors (Lipinski definition) is 0. The third-order valence-corrected chi connectivity index (χ3v) is 3.67. The summed E-state index contributed by atoms with van der Waals surface area (Å²) in [6.07, 6.45) is 4.29. The number of hydrogen-bond acceptors (Lipinski definition) is 2. The molecule has 18 heavy (non-hydrogen) atoms. The number of ether oxygens (including phenoxy) is 1. The molecule has 0 bridgehead atoms. The van der Waals surface area contributed by atoms with Gasteiger partial charge in [-0.25, -0.2) is 0 Å². The first-order chi connectivity index (χ1) is 8.45. The lowest BCUT2D eigenvalue weighted by Crippen LogP contribution is -2.33. The van der Waals surface area contributed by atoms with E-state index < -0.39 is 0 Å². The zero-order valence-electron chi connectivity index (χ0n) is 13.2. The molecule has 2 nitrogen and oxygen atoms in total. The minimum atomic E-state index is 0.0191. The van der Waals surface area contributed by atoms with Gasteiger partial charge in [-0.1, -0.05) is 54.4 Å². The van der Waals surface area contributed by atoms with Crippen molar-refractivity contribution in [3.8, 4) is 0 Å². The third kappa shape index (κ3) is 5.88. The predicted molar refractivity (Wildman–Crippen MR) is 77.4 cm³/mol. The zero-order valence-corrected chi connectivity index (χ0v) is 13.2. The van der Waals surface area contributed by atoms with Gasteiger partial charge in [0.2, 0.25) is 0 Å². The molecule has 0 N–H and O–H groups in total. The number of carbonyl (C=O) groups is 1. The highest BCUT2D eigenvalue weighted by atomic mass is 16.5. The van der Waals surface area contributed by atoms with Crippen LogP contribution in [0.4, 0.5) is 0 Å². The maximum absolute atomic E-state index is 12.3. The summed E-state index contributed by atoms with van der Waals surface area (Å²) in [6.45, 7) is 13.6. The summed E-state index contributed by atoms with van der Waals surface area (Å²) in [7, 11) is 0. The molecular weight excluding hydrogens is 224 g/mol. The van der Waals surface area contributed by atoms with Crippen LogP contribution in [-0.2, 0) is 9.53 Å². The Balaban J connectivity index is 4.64. The van der Waals surface area contributed by atoms with Gasteiger partial charge in [0.1, 0.15) is 0 Å². The second kappa shape index (κ2) is 9.41. The minimum absolute atomic E-state index is 0.0191. The van der Waals surface area contributed by atoms with Crippen LogP contribution in [-0.4, -0.2) is 12.6 Å². The van der Waals surface area contributed by atoms with Crippen LogP contribution in [0.1, 0.15) is 67.2 Å². The number of carbonyl (C=O) groups excluding carboxylic acids is 1. The first-order valence-electron chi connectivity index (χ1n) is 7.62. The smallest absolute Gasteiger partial charge is 0.309 e. The molecule has 0 saturated carbocycles. The molecule has 0 amide bonds. The lowest BCUT2D eigenvalue weighted by atomic mass is 9.75. The highest BCUT2D eigenvalue weighted by Crippen LogP contribution is 2.32. The Morgan fingerprint density at radius 1 is 1.00 bits per heavy atom. The van der Waals surface area contributed by atoms with E-state index in [9.17, 15) is 4.79 Å². The molecule has 0 aromatic rings. The molecule has 0 radical (unpaired) electrons. The van der Waals surface area contributed by atoms with E-state index in [2.05, 4.69) is 41.5 Å². The summed E-state index contributed by atoms with van der Waals surface area (Å²) in [4.78, 5) is 12.3. The number of rotatable bonds is 9. The van der Waals surface area contributed by atoms with Crippen molar-refractivity contribution in [3.05, 3.63) is 0 Å². The van der Waals surface area contributed by atoms with Crippen molar-refractivity contribution in [1.29, 1.82) is 0 Å². The predicted octanol–water partition coefficient (Wildman–Crippen LogP) is 4.67. The van der Waals surface area contributed by atoms with E-state index in [-0.39, 0.29) is 11.9 Å². The van der Waals surface area contributed by atoms with Crippen molar-refractivity contribution in [1.82, 2.24) is 0 Å². The Morgan fingerprint density at radius 2 is 1.61 bits per heavy atom. The van der Waals surface area contributed by atoms with Crippen molar-refractivity contribution < 1.29 is 9.53 Å². The van der Waals surface area contributed by atoms with Gasteiger partial charge in [0.25, 0.3) is 0 Å². The first-order valence-corrected chi connectivity index (χ1v) is 7.62. The molecule has 0 aromatic carbocycles. The average molecular weight is 256 g/mol. The second-order valence-corrected chi connectivity index (χ2v) is 5.99. The van der Waals surface area contributed by atoms with Gasteiger partial charge in [-0.05, 0) is 30.6 Å². The van der Waals surface area contributed by atoms with Crippen LogP contribution in [0.3, 0.4) is 0 Å². The maximum atomic E-state index is 12.3. The van der Waals surface area contributed by atoms with Crippen molar-refractivity contribution in [2.75, 3.05) is 6.61 Å². The molecule has 0 aliphatic carbocycles. The fourth-order valence-corrected chi connectivity index (χ4v) is 2.62. The molecule has 2 unspecified atom stereocenters. The van der Waals surface area contributed by atoms with Crippen LogP contribution >= 0.6 is 0 Å². The van der Waals surface area contributed by atoms with E-state index in [0.717, 1.165) is 25.7 Å². The van der Waals surface area contributed by atoms with E-state index in [0.29, 0.717) is 24.4 Å². The zero-order chi connectivity index (χ0) is 14.1. The first kappa shape index (κ1) is 17.5. The summed E-state index contributed by atoms with van der Waals surface area (Å²) in [5.74, 6) is 1.42. The monoisotopic (exact) mass is 256 g/mol. The Labute approximate surface area is 113 Å². The SMILES string of the molecule is CCCCOC(=O)C(C(C)C)C(CCC)C(C)C. The van der Waals surface area contributed by atoms with Crippen LogP contribution in [0.2, 0.25) is 0 Å². The Hall–Kier alpha value is -0.530. The van der Waals surface area contributed by atoms with Crippen LogP contribution in [0.5, 0.6) is 0 Å². The molecule has 0 aliphatic rings. The molecule has 0 fully saturated rings. The number of unbranched alkanes of at least 4 members (excludes halogenated alkanes) is 1. The molecule has 2 atom stereocenters. The van der Waals surface area contributed by atoms with Crippen LogP contribution in [0, 0.1) is 23.7 Å². The van der Waals surface area contributed by atoms with Gasteiger partial charge in [0.15, 0.2) is 0 Å². The van der Waals surface area contributed by atoms with E-state index in [1.807, 2.05) is 0 Å². The van der Waals surface area contributed by atoms with E-state index >= 15 is 0 Å². The van der Waals surface area contributed by atoms with Gasteiger partial charge in [0.05, 0.1) is 12.5 Å². The largest absolute Gasteiger partial charge is 0.465 e. The average Bonchev–Trinajstić information content (AvgIpc) is 2.28. The highest BCUT2D eigenvalue weighted by molar-refractivity contribution is 5.73. The fourth-order valence-electron chi connectivity index (χ4n) is 2.62. The molecule has 0 aromatic heterocycles. The van der Waals surface area contributed by atoms with Crippen LogP contribution in [0.25, 0.3) is 0 Å². The lowest BCUT2D eigenvalue weighted by molar-refractivity contribution is -0.153. The summed E-state index contributed by atoms with van der Waals surface area (Å²) in [5, 5.41) is 0. The molecule has 0 rings (SSSR count). The van der Waals surface area contributed by atoms with Crippen molar-refractivity contribution >= 4 is 5.97 Å². The normalized spacial score (nSPS) is 14.9. The van der Waals surface area contributed by atoms with E-state index in [1.165, 1.54) is 0 Å². The molecule has 108 valence electrons. The summed E-state index contributed by atoms with van der Waals surface area (Å²) in [5.41, 5.74) is 0. The van der Waals surface area contributed by atoms with Crippen molar-refractivity contribution in [2.24, 2.45) is 23.7 Å². The van der Waals surface area contributed by atoms with E-state index in [1.54, 1.807) is 0 Å². The maximum Gasteiger partial charge on any atom is 0.309 e. The lowest BCUT2D eigenvalue weighted by Gasteiger charge is -2.31. The quantitative estimate of drug-likeness (QED) is 0.442. The summed E-state index contributed by atoms with van der Waals surface area (Å²) < 4.78 is 5.44. The second-order valence-electron chi connectivity index (χ2n) is 5.99. The van der Waals surface area contributed by atoms with Crippen LogP contribution in [0.15, 0.2) is 0 Å². The molecule has 0 saturated heterocycles. The summed E-state index contributed by atoms with van der Waals surface area (Å²) in [6, 6.07) is 0. The van der Waals surface area contributed by atoms with Gasteiger partial charge in [0, 0.05) is 0 Å². The molecule has 0 spiro atoms. The van der Waals surface area contributed by atoms with Gasteiger partial charge >= 0.3 is 5.97 Å². The fraction of sp³-hybridized carbons (Fsp3) is 0.938.